The van der Waals surface area contributed by atoms with Crippen LogP contribution in [-0.4, -0.2) is 25.0 Å². The zero-order valence-electron chi connectivity index (χ0n) is 9.48. The summed E-state index contributed by atoms with van der Waals surface area (Å²) in [6.45, 7) is 3.85. The predicted molar refractivity (Wildman–Crippen MR) is 62.1 cm³/mol. The van der Waals surface area contributed by atoms with Gasteiger partial charge in [-0.3, -0.25) is 4.79 Å². The maximum Gasteiger partial charge on any atom is 0.166 e. The third-order valence-electron chi connectivity index (χ3n) is 2.88. The lowest BCUT2D eigenvalue weighted by Gasteiger charge is -2.26. The van der Waals surface area contributed by atoms with Crippen LogP contribution in [0.2, 0.25) is 0 Å². The maximum atomic E-state index is 11.8. The number of nitrogens with one attached hydrogen (secondary N) is 1. The molecule has 2 atom stereocenters. The molecule has 0 spiro atoms. The van der Waals surface area contributed by atoms with Gasteiger partial charge in [0.05, 0.1) is 6.61 Å². The minimum Gasteiger partial charge on any atom is -0.364 e. The number of Topliss-reactive ketones (excluding diaryl/α,β-unsaturated/α-hetero) is 1. The van der Waals surface area contributed by atoms with E-state index in [-0.39, 0.29) is 17.8 Å². The Morgan fingerprint density at radius 1 is 1.31 bits per heavy atom. The second-order valence-electron chi connectivity index (χ2n) is 4.25. The van der Waals surface area contributed by atoms with Gasteiger partial charge in [-0.25, -0.2) is 0 Å². The number of ketones is 1. The fourth-order valence-electron chi connectivity index (χ4n) is 1.86. The number of carbonyl (C=O) groups is 1. The quantitative estimate of drug-likeness (QED) is 0.834. The van der Waals surface area contributed by atoms with Gasteiger partial charge in [-0.2, -0.15) is 0 Å². The normalized spacial score (nSPS) is 25.7. The van der Waals surface area contributed by atoms with Crippen LogP contribution in [0, 0.1) is 5.92 Å². The van der Waals surface area contributed by atoms with Crippen molar-refractivity contribution in [2.75, 3.05) is 13.1 Å². The average molecular weight is 219 g/mol. The van der Waals surface area contributed by atoms with Crippen LogP contribution in [0.15, 0.2) is 30.3 Å². The molecule has 1 saturated heterocycles. The van der Waals surface area contributed by atoms with Crippen LogP contribution in [-0.2, 0) is 16.1 Å². The highest BCUT2D eigenvalue weighted by Gasteiger charge is 2.28. The number of hydrogen-bond donors (Lipinski definition) is 1. The molecule has 2 rings (SSSR count). The van der Waals surface area contributed by atoms with E-state index in [1.807, 2.05) is 37.3 Å². The van der Waals surface area contributed by atoms with E-state index in [0.29, 0.717) is 13.2 Å². The first-order valence-electron chi connectivity index (χ1n) is 5.67. The molecule has 0 amide bonds. The van der Waals surface area contributed by atoms with Crippen LogP contribution in [0.25, 0.3) is 0 Å². The Hall–Kier alpha value is -1.19. The molecule has 3 nitrogen and oxygen atoms in total. The summed E-state index contributed by atoms with van der Waals surface area (Å²) in [6.07, 6.45) is -0.288. The molecular formula is C13H17NO2. The summed E-state index contributed by atoms with van der Waals surface area (Å²) in [7, 11) is 0. The SMILES string of the molecule is CC1CNCC(OCc2ccccc2)C1=O. The molecule has 86 valence electrons. The van der Waals surface area contributed by atoms with Crippen LogP contribution in [0.5, 0.6) is 0 Å². The first-order chi connectivity index (χ1) is 7.77. The van der Waals surface area contributed by atoms with Crippen molar-refractivity contribution in [3.8, 4) is 0 Å². The predicted octanol–water partition coefficient (Wildman–Crippen LogP) is 1.38. The third kappa shape index (κ3) is 2.68. The zero-order chi connectivity index (χ0) is 11.4. The first kappa shape index (κ1) is 11.3. The standard InChI is InChI=1S/C13H17NO2/c1-10-7-14-8-12(13(10)15)16-9-11-5-3-2-4-6-11/h2-6,10,12,14H,7-9H2,1H3. The van der Waals surface area contributed by atoms with Gasteiger partial charge in [0.1, 0.15) is 6.10 Å². The van der Waals surface area contributed by atoms with Gasteiger partial charge in [0.15, 0.2) is 5.78 Å². The zero-order valence-corrected chi connectivity index (χ0v) is 9.48. The molecule has 3 heteroatoms. The van der Waals surface area contributed by atoms with Crippen molar-refractivity contribution >= 4 is 5.78 Å². The van der Waals surface area contributed by atoms with E-state index in [0.717, 1.165) is 12.1 Å². The lowest BCUT2D eigenvalue weighted by molar-refractivity contribution is -0.136. The summed E-state index contributed by atoms with van der Waals surface area (Å²) in [5, 5.41) is 3.21. The smallest absolute Gasteiger partial charge is 0.166 e. The topological polar surface area (TPSA) is 38.3 Å². The molecule has 1 aromatic rings. The van der Waals surface area contributed by atoms with Crippen molar-refractivity contribution in [3.63, 3.8) is 0 Å². The van der Waals surface area contributed by atoms with Gasteiger partial charge in [0.25, 0.3) is 0 Å². The van der Waals surface area contributed by atoms with E-state index in [1.165, 1.54) is 0 Å². The van der Waals surface area contributed by atoms with Gasteiger partial charge >= 0.3 is 0 Å². The highest BCUT2D eigenvalue weighted by molar-refractivity contribution is 5.86. The van der Waals surface area contributed by atoms with E-state index in [9.17, 15) is 4.79 Å². The Balaban J connectivity index is 1.88. The molecular weight excluding hydrogens is 202 g/mol. The van der Waals surface area contributed by atoms with E-state index >= 15 is 0 Å². The van der Waals surface area contributed by atoms with E-state index in [2.05, 4.69) is 5.32 Å². The van der Waals surface area contributed by atoms with Gasteiger partial charge in [0, 0.05) is 19.0 Å². The lowest BCUT2D eigenvalue weighted by Crippen LogP contribution is -2.47. The number of piperidine rings is 1. The highest BCUT2D eigenvalue weighted by atomic mass is 16.5. The molecule has 16 heavy (non-hydrogen) atoms. The largest absolute Gasteiger partial charge is 0.364 e. The summed E-state index contributed by atoms with van der Waals surface area (Å²) >= 11 is 0. The molecule has 0 saturated carbocycles. The molecule has 1 aromatic carbocycles. The minimum atomic E-state index is -0.288. The van der Waals surface area contributed by atoms with Crippen LogP contribution in [0.3, 0.4) is 0 Å². The molecule has 1 fully saturated rings. The molecule has 1 aliphatic heterocycles. The summed E-state index contributed by atoms with van der Waals surface area (Å²) in [5.74, 6) is 0.282. The van der Waals surface area contributed by atoms with Crippen molar-refractivity contribution in [3.05, 3.63) is 35.9 Å². The number of rotatable bonds is 3. The van der Waals surface area contributed by atoms with Gasteiger partial charge in [0.2, 0.25) is 0 Å². The molecule has 0 aromatic heterocycles. The number of ether oxygens (including phenoxy) is 1. The average Bonchev–Trinajstić information content (AvgIpc) is 2.32. The highest BCUT2D eigenvalue weighted by Crippen LogP contribution is 2.11. The van der Waals surface area contributed by atoms with Crippen molar-refractivity contribution in [2.45, 2.75) is 19.6 Å². The first-order valence-corrected chi connectivity index (χ1v) is 5.67. The van der Waals surface area contributed by atoms with Gasteiger partial charge in [-0.05, 0) is 5.56 Å². The van der Waals surface area contributed by atoms with Crippen molar-refractivity contribution in [2.24, 2.45) is 5.92 Å². The fourth-order valence-corrected chi connectivity index (χ4v) is 1.86. The number of hydrogen-bond acceptors (Lipinski definition) is 3. The van der Waals surface area contributed by atoms with Gasteiger partial charge < -0.3 is 10.1 Å². The molecule has 1 heterocycles. The number of carbonyl (C=O) groups excluding carboxylic acids is 1. The second kappa shape index (κ2) is 5.23. The summed E-state index contributed by atoms with van der Waals surface area (Å²) in [6, 6.07) is 9.93. The van der Waals surface area contributed by atoms with Crippen molar-refractivity contribution < 1.29 is 9.53 Å². The molecule has 0 radical (unpaired) electrons. The molecule has 1 aliphatic rings. The van der Waals surface area contributed by atoms with E-state index in [1.54, 1.807) is 0 Å². The summed E-state index contributed by atoms with van der Waals surface area (Å²) < 4.78 is 5.64. The van der Waals surface area contributed by atoms with Gasteiger partial charge in [-0.1, -0.05) is 37.3 Å². The van der Waals surface area contributed by atoms with Gasteiger partial charge in [-0.15, -0.1) is 0 Å². The summed E-state index contributed by atoms with van der Waals surface area (Å²) in [5.41, 5.74) is 1.11. The molecule has 1 N–H and O–H groups in total. The van der Waals surface area contributed by atoms with E-state index < -0.39 is 0 Å². The van der Waals surface area contributed by atoms with Crippen LogP contribution in [0.4, 0.5) is 0 Å². The summed E-state index contributed by atoms with van der Waals surface area (Å²) in [4.78, 5) is 11.8. The minimum absolute atomic E-state index is 0.0644. The molecule has 0 aliphatic carbocycles. The Kier molecular flexibility index (Phi) is 3.70. The second-order valence-corrected chi connectivity index (χ2v) is 4.25. The van der Waals surface area contributed by atoms with Crippen LogP contribution in [0.1, 0.15) is 12.5 Å². The van der Waals surface area contributed by atoms with Crippen LogP contribution < -0.4 is 5.32 Å². The monoisotopic (exact) mass is 219 g/mol. The van der Waals surface area contributed by atoms with E-state index in [4.69, 9.17) is 4.74 Å². The van der Waals surface area contributed by atoms with Crippen molar-refractivity contribution in [1.82, 2.24) is 5.32 Å². The van der Waals surface area contributed by atoms with Crippen LogP contribution >= 0.6 is 0 Å². The number of benzene rings is 1. The Bertz CT molecular complexity index is 350. The maximum absolute atomic E-state index is 11.8. The van der Waals surface area contributed by atoms with Crippen molar-refractivity contribution in [1.29, 1.82) is 0 Å². The Morgan fingerprint density at radius 2 is 2.06 bits per heavy atom. The Morgan fingerprint density at radius 3 is 2.81 bits per heavy atom. The Labute approximate surface area is 95.8 Å². The third-order valence-corrected chi connectivity index (χ3v) is 2.88. The lowest BCUT2D eigenvalue weighted by atomic mass is 9.98. The fraction of sp³-hybridized carbons (Fsp3) is 0.462. The molecule has 2 unspecified atom stereocenters. The molecule has 0 bridgehead atoms.